The molecule has 1 atom stereocenters. The molecule has 7 heteroatoms. The van der Waals surface area contributed by atoms with E-state index in [9.17, 15) is 0 Å². The Balaban J connectivity index is 1.83. The van der Waals surface area contributed by atoms with Crippen LogP contribution in [0.25, 0.3) is 0 Å². The Labute approximate surface area is 157 Å². The Bertz CT molecular complexity index is 441. The molecule has 1 unspecified atom stereocenters. The van der Waals surface area contributed by atoms with Crippen LogP contribution >= 0.6 is 15.9 Å². The molecule has 2 rings (SSSR count). The molecule has 0 spiro atoms. The molecule has 142 valence electrons. The summed E-state index contributed by atoms with van der Waals surface area (Å²) in [7, 11) is 0. The van der Waals surface area contributed by atoms with Crippen LogP contribution in [0.2, 0.25) is 0 Å². The molecule has 25 heavy (non-hydrogen) atoms. The number of hydrogen-bond donors (Lipinski definition) is 0. The van der Waals surface area contributed by atoms with E-state index >= 15 is 0 Å². The monoisotopic (exact) mass is 418 g/mol. The fraction of sp³-hybridized carbons (Fsp3) is 0.667. The zero-order chi connectivity index (χ0) is 17.6. The molecule has 0 N–H and O–H groups in total. The number of hydrogen-bond acceptors (Lipinski definition) is 6. The van der Waals surface area contributed by atoms with E-state index in [1.807, 2.05) is 24.3 Å². The lowest BCUT2D eigenvalue weighted by molar-refractivity contribution is -0.0618. The van der Waals surface area contributed by atoms with Gasteiger partial charge in [0.05, 0.1) is 72.7 Å². The molecule has 0 aliphatic carbocycles. The molecule has 6 nitrogen and oxygen atoms in total. The van der Waals surface area contributed by atoms with Gasteiger partial charge in [0.2, 0.25) is 0 Å². The summed E-state index contributed by atoms with van der Waals surface area (Å²) in [6.07, 6.45) is -0.155. The third-order valence-electron chi connectivity index (χ3n) is 3.56. The van der Waals surface area contributed by atoms with Crippen molar-refractivity contribution in [2.45, 2.75) is 6.10 Å². The maximum Gasteiger partial charge on any atom is 0.107 e. The number of benzene rings is 1. The molecule has 1 aromatic carbocycles. The molecule has 0 radical (unpaired) electrons. The second-order valence-corrected chi connectivity index (χ2v) is 6.26. The molecule has 1 heterocycles. The maximum absolute atomic E-state index is 5.97. The van der Waals surface area contributed by atoms with Gasteiger partial charge in [0.25, 0.3) is 0 Å². The first-order chi connectivity index (χ1) is 12.4. The average Bonchev–Trinajstić information content (AvgIpc) is 2.62. The Kier molecular flexibility index (Phi) is 11.3. The summed E-state index contributed by atoms with van der Waals surface area (Å²) in [5.41, 5.74) is 1.06. The summed E-state index contributed by atoms with van der Waals surface area (Å²) < 4.78 is 34.6. The van der Waals surface area contributed by atoms with Gasteiger partial charge < -0.3 is 28.4 Å². The molecule has 1 fully saturated rings. The van der Waals surface area contributed by atoms with Crippen LogP contribution in [-0.4, -0.2) is 72.7 Å². The predicted molar refractivity (Wildman–Crippen MR) is 96.9 cm³/mol. The van der Waals surface area contributed by atoms with E-state index in [0.717, 1.165) is 10.0 Å². The fourth-order valence-corrected chi connectivity index (χ4v) is 2.82. The minimum Gasteiger partial charge on any atom is -0.377 e. The smallest absolute Gasteiger partial charge is 0.107 e. The zero-order valence-corrected chi connectivity index (χ0v) is 16.1. The van der Waals surface area contributed by atoms with Crippen LogP contribution in [0.15, 0.2) is 28.7 Å². The van der Waals surface area contributed by atoms with Gasteiger partial charge in [0.15, 0.2) is 0 Å². The van der Waals surface area contributed by atoms with Crippen LogP contribution in [0, 0.1) is 0 Å². The van der Waals surface area contributed by atoms with Crippen molar-refractivity contribution in [2.75, 3.05) is 72.7 Å². The Morgan fingerprint density at radius 1 is 0.640 bits per heavy atom. The molecule has 1 aliphatic rings. The third kappa shape index (κ3) is 9.10. The third-order valence-corrected chi connectivity index (χ3v) is 4.28. The summed E-state index contributed by atoms with van der Waals surface area (Å²) in [5.74, 6) is 0. The van der Waals surface area contributed by atoms with Gasteiger partial charge in [-0.05, 0) is 11.6 Å². The number of ether oxygens (including phenoxy) is 6. The van der Waals surface area contributed by atoms with Crippen molar-refractivity contribution in [3.05, 3.63) is 34.3 Å². The first kappa shape index (κ1) is 20.8. The first-order valence-electron chi connectivity index (χ1n) is 8.62. The lowest BCUT2D eigenvalue weighted by atomic mass is 10.1. The van der Waals surface area contributed by atoms with Gasteiger partial charge in [-0.2, -0.15) is 0 Å². The van der Waals surface area contributed by atoms with Crippen molar-refractivity contribution in [3.8, 4) is 0 Å². The molecule has 0 amide bonds. The standard InChI is InChI=1S/C18H27BrO6/c19-17-4-2-1-3-16(17)18-15-24-12-11-22-8-7-20-5-6-21-9-10-23-13-14-25-18/h1-4,18H,5-15H2. The highest BCUT2D eigenvalue weighted by molar-refractivity contribution is 9.10. The second kappa shape index (κ2) is 13.6. The van der Waals surface area contributed by atoms with E-state index in [0.29, 0.717) is 72.7 Å². The summed E-state index contributed by atoms with van der Waals surface area (Å²) in [6, 6.07) is 8.01. The number of rotatable bonds is 1. The van der Waals surface area contributed by atoms with E-state index in [4.69, 9.17) is 28.4 Å². The molecule has 1 aliphatic heterocycles. The van der Waals surface area contributed by atoms with Crippen LogP contribution < -0.4 is 0 Å². The van der Waals surface area contributed by atoms with Gasteiger partial charge in [-0.15, -0.1) is 0 Å². The average molecular weight is 419 g/mol. The van der Waals surface area contributed by atoms with Crippen molar-refractivity contribution in [1.29, 1.82) is 0 Å². The summed E-state index contributed by atoms with van der Waals surface area (Å²) >= 11 is 3.58. The molecule has 1 aromatic rings. The fourth-order valence-electron chi connectivity index (χ4n) is 2.28. The van der Waals surface area contributed by atoms with Crippen molar-refractivity contribution >= 4 is 15.9 Å². The minimum absolute atomic E-state index is 0.155. The van der Waals surface area contributed by atoms with Gasteiger partial charge >= 0.3 is 0 Å². The highest BCUT2D eigenvalue weighted by atomic mass is 79.9. The Hall–Kier alpha value is -0.540. The van der Waals surface area contributed by atoms with E-state index in [1.54, 1.807) is 0 Å². The largest absolute Gasteiger partial charge is 0.377 e. The molecule has 0 saturated carbocycles. The summed E-state index contributed by atoms with van der Waals surface area (Å²) in [4.78, 5) is 0. The van der Waals surface area contributed by atoms with Crippen LogP contribution in [-0.2, 0) is 28.4 Å². The van der Waals surface area contributed by atoms with Gasteiger partial charge in [0.1, 0.15) is 6.10 Å². The predicted octanol–water partition coefficient (Wildman–Crippen LogP) is 2.60. The summed E-state index contributed by atoms with van der Waals surface area (Å²) in [5, 5.41) is 0. The SMILES string of the molecule is Brc1ccccc1C1COCCOCCOCCOCCOCCO1. The van der Waals surface area contributed by atoms with Crippen molar-refractivity contribution in [1.82, 2.24) is 0 Å². The zero-order valence-electron chi connectivity index (χ0n) is 14.5. The first-order valence-corrected chi connectivity index (χ1v) is 9.42. The normalized spacial score (nSPS) is 23.5. The van der Waals surface area contributed by atoms with E-state index in [-0.39, 0.29) is 6.10 Å². The van der Waals surface area contributed by atoms with Crippen molar-refractivity contribution in [2.24, 2.45) is 0 Å². The van der Waals surface area contributed by atoms with Gasteiger partial charge in [0, 0.05) is 4.47 Å². The minimum atomic E-state index is -0.155. The quantitative estimate of drug-likeness (QED) is 0.698. The van der Waals surface area contributed by atoms with Crippen LogP contribution in [0.1, 0.15) is 11.7 Å². The Morgan fingerprint density at radius 3 is 1.68 bits per heavy atom. The highest BCUT2D eigenvalue weighted by Gasteiger charge is 2.15. The summed E-state index contributed by atoms with van der Waals surface area (Å²) in [6.45, 7) is 5.86. The van der Waals surface area contributed by atoms with Crippen molar-refractivity contribution in [3.63, 3.8) is 0 Å². The maximum atomic E-state index is 5.97. The van der Waals surface area contributed by atoms with E-state index in [1.165, 1.54) is 0 Å². The number of halogens is 1. The lowest BCUT2D eigenvalue weighted by Crippen LogP contribution is -2.19. The Morgan fingerprint density at radius 2 is 1.12 bits per heavy atom. The topological polar surface area (TPSA) is 55.4 Å². The van der Waals surface area contributed by atoms with Gasteiger partial charge in [-0.25, -0.2) is 0 Å². The molecule has 0 bridgehead atoms. The molecule has 1 saturated heterocycles. The molecule has 0 aromatic heterocycles. The van der Waals surface area contributed by atoms with E-state index in [2.05, 4.69) is 15.9 Å². The van der Waals surface area contributed by atoms with Gasteiger partial charge in [-0.3, -0.25) is 0 Å². The second-order valence-electron chi connectivity index (χ2n) is 5.41. The highest BCUT2D eigenvalue weighted by Crippen LogP contribution is 2.26. The van der Waals surface area contributed by atoms with Crippen LogP contribution in [0.4, 0.5) is 0 Å². The van der Waals surface area contributed by atoms with Crippen molar-refractivity contribution < 1.29 is 28.4 Å². The van der Waals surface area contributed by atoms with Gasteiger partial charge in [-0.1, -0.05) is 34.1 Å². The van der Waals surface area contributed by atoms with E-state index < -0.39 is 0 Å². The lowest BCUT2D eigenvalue weighted by Gasteiger charge is -2.20. The van der Waals surface area contributed by atoms with Crippen LogP contribution in [0.5, 0.6) is 0 Å². The van der Waals surface area contributed by atoms with Crippen LogP contribution in [0.3, 0.4) is 0 Å². The molecular weight excluding hydrogens is 392 g/mol. The molecular formula is C18H27BrO6.